The molecule has 2 fully saturated rings. The van der Waals surface area contributed by atoms with Gasteiger partial charge in [-0.15, -0.1) is 11.8 Å². The van der Waals surface area contributed by atoms with E-state index < -0.39 is 60.2 Å². The Bertz CT molecular complexity index is 1730. The molecule has 1 aliphatic carbocycles. The van der Waals surface area contributed by atoms with E-state index in [1.165, 1.54) is 23.9 Å². The second-order valence-electron chi connectivity index (χ2n) is 13.2. The van der Waals surface area contributed by atoms with Gasteiger partial charge in [0.05, 0.1) is 25.3 Å². The lowest BCUT2D eigenvalue weighted by Crippen LogP contribution is -2.57. The Kier molecular flexibility index (Phi) is 11.6. The SMILES string of the molecule is NCC(=O)N(C(=O)COc1ccc(C2[C@@H](SC[C@H](O)c3ccc4c(c3)CCO4)C(=O)N2c2ccc(F)cc2)cc1)[C@H](CC1CCCCC1)C(=O)O. The number of benzene rings is 3. The zero-order valence-electron chi connectivity index (χ0n) is 28.1. The van der Waals surface area contributed by atoms with Gasteiger partial charge in [-0.3, -0.25) is 19.3 Å². The molecule has 3 amide bonds. The van der Waals surface area contributed by atoms with Crippen LogP contribution in [0, 0.1) is 11.7 Å². The molecule has 0 spiro atoms. The summed E-state index contributed by atoms with van der Waals surface area (Å²) in [5.74, 6) is -1.96. The van der Waals surface area contributed by atoms with Crippen LogP contribution in [0.1, 0.15) is 67.4 Å². The number of anilines is 1. The van der Waals surface area contributed by atoms with Gasteiger partial charge in [-0.1, -0.05) is 50.3 Å². The zero-order chi connectivity index (χ0) is 36.1. The molecule has 11 nitrogen and oxygen atoms in total. The fourth-order valence-corrected chi connectivity index (χ4v) is 8.46. The molecule has 0 bridgehead atoms. The maximum Gasteiger partial charge on any atom is 0.326 e. The number of thioether (sulfide) groups is 1. The van der Waals surface area contributed by atoms with E-state index in [2.05, 4.69) is 0 Å². The van der Waals surface area contributed by atoms with Crippen molar-refractivity contribution in [3.05, 3.63) is 89.2 Å². The van der Waals surface area contributed by atoms with Gasteiger partial charge in [0.25, 0.3) is 5.91 Å². The van der Waals surface area contributed by atoms with Crippen molar-refractivity contribution >= 4 is 41.1 Å². The van der Waals surface area contributed by atoms with Crippen LogP contribution in [-0.4, -0.2) is 75.6 Å². The van der Waals surface area contributed by atoms with Crippen molar-refractivity contribution in [3.63, 3.8) is 0 Å². The van der Waals surface area contributed by atoms with E-state index in [-0.39, 0.29) is 24.0 Å². The van der Waals surface area contributed by atoms with Crippen molar-refractivity contribution in [2.45, 2.75) is 68.4 Å². The van der Waals surface area contributed by atoms with Crippen LogP contribution in [0.15, 0.2) is 66.7 Å². The van der Waals surface area contributed by atoms with Gasteiger partial charge in [0.15, 0.2) is 6.61 Å². The van der Waals surface area contributed by atoms with Crippen LogP contribution in [0.3, 0.4) is 0 Å². The molecule has 13 heteroatoms. The van der Waals surface area contributed by atoms with Gasteiger partial charge in [0.1, 0.15) is 28.6 Å². The molecular formula is C38H42FN3O8S. The van der Waals surface area contributed by atoms with Crippen LogP contribution in [0.5, 0.6) is 11.5 Å². The highest BCUT2D eigenvalue weighted by Crippen LogP contribution is 2.46. The summed E-state index contributed by atoms with van der Waals surface area (Å²) in [7, 11) is 0. The molecule has 1 unspecified atom stereocenters. The molecule has 51 heavy (non-hydrogen) atoms. The van der Waals surface area contributed by atoms with E-state index >= 15 is 0 Å². The number of ether oxygens (including phenoxy) is 2. The van der Waals surface area contributed by atoms with Crippen molar-refractivity contribution < 1.29 is 43.3 Å². The summed E-state index contributed by atoms with van der Waals surface area (Å²) in [6.07, 6.45) is 4.89. The maximum atomic E-state index is 13.8. The quantitative estimate of drug-likeness (QED) is 0.198. The van der Waals surface area contributed by atoms with Crippen LogP contribution in [-0.2, 0) is 25.6 Å². The van der Waals surface area contributed by atoms with Crippen LogP contribution in [0.4, 0.5) is 10.1 Å². The number of rotatable bonds is 14. The van der Waals surface area contributed by atoms with E-state index in [9.17, 15) is 33.8 Å². The van der Waals surface area contributed by atoms with Gasteiger partial charge in [0, 0.05) is 17.9 Å². The molecule has 0 radical (unpaired) electrons. The third kappa shape index (κ3) is 8.21. The number of nitrogens with zero attached hydrogens (tertiary/aromatic N) is 2. The normalized spacial score (nSPS) is 19.7. The molecule has 4 atom stereocenters. The van der Waals surface area contributed by atoms with Crippen LogP contribution >= 0.6 is 11.8 Å². The van der Waals surface area contributed by atoms with E-state index in [0.717, 1.165) is 65.9 Å². The predicted octanol–water partition coefficient (Wildman–Crippen LogP) is 4.80. The van der Waals surface area contributed by atoms with E-state index in [0.29, 0.717) is 18.0 Å². The Labute approximate surface area is 299 Å². The Balaban J connectivity index is 1.14. The van der Waals surface area contributed by atoms with Crippen LogP contribution < -0.4 is 20.1 Å². The molecule has 270 valence electrons. The maximum absolute atomic E-state index is 13.8. The number of carboxylic acid groups (broad SMARTS) is 1. The first-order chi connectivity index (χ1) is 24.6. The highest BCUT2D eigenvalue weighted by molar-refractivity contribution is 8.00. The largest absolute Gasteiger partial charge is 0.493 e. The average molecular weight is 720 g/mol. The number of β-lactam (4-membered cyclic amide) rings is 1. The molecule has 3 aromatic carbocycles. The van der Waals surface area contributed by atoms with Crippen molar-refractivity contribution in [1.82, 2.24) is 4.90 Å². The summed E-state index contributed by atoms with van der Waals surface area (Å²) in [5.41, 5.74) is 8.64. The van der Waals surface area contributed by atoms with Gasteiger partial charge in [-0.05, 0) is 77.6 Å². The third-order valence-electron chi connectivity index (χ3n) is 9.86. The number of amides is 3. The number of fused-ring (bicyclic) bond motifs is 1. The van der Waals surface area contributed by atoms with Gasteiger partial charge >= 0.3 is 5.97 Å². The Morgan fingerprint density at radius 1 is 1.02 bits per heavy atom. The van der Waals surface area contributed by atoms with Crippen LogP contribution in [0.2, 0.25) is 0 Å². The number of hydrogen-bond donors (Lipinski definition) is 3. The van der Waals surface area contributed by atoms with Crippen LogP contribution in [0.25, 0.3) is 0 Å². The minimum atomic E-state index is -1.33. The minimum absolute atomic E-state index is 0.0985. The summed E-state index contributed by atoms with van der Waals surface area (Å²) in [5, 5.41) is 20.5. The summed E-state index contributed by atoms with van der Waals surface area (Å²) in [4.78, 5) is 54.1. The lowest BCUT2D eigenvalue weighted by Gasteiger charge is -2.47. The fraction of sp³-hybridized carbons (Fsp3) is 0.421. The number of aliphatic carboxylic acids is 1. The molecule has 1 saturated heterocycles. The van der Waals surface area contributed by atoms with Gasteiger partial charge in [-0.25, -0.2) is 9.18 Å². The summed E-state index contributed by atoms with van der Waals surface area (Å²) in [6, 6.07) is 16.3. The first-order valence-electron chi connectivity index (χ1n) is 17.3. The van der Waals surface area contributed by atoms with E-state index in [1.54, 1.807) is 41.3 Å². The third-order valence-corrected chi connectivity index (χ3v) is 11.2. The lowest BCUT2D eigenvalue weighted by atomic mass is 9.84. The number of hydrogen-bond acceptors (Lipinski definition) is 9. The van der Waals surface area contributed by atoms with Crippen molar-refractivity contribution in [2.75, 3.05) is 30.4 Å². The molecule has 3 aliphatic rings. The number of carbonyl (C=O) groups is 4. The fourth-order valence-electron chi connectivity index (χ4n) is 7.16. The Morgan fingerprint density at radius 2 is 1.75 bits per heavy atom. The lowest BCUT2D eigenvalue weighted by molar-refractivity contribution is -0.159. The number of carboxylic acids is 1. The molecule has 3 aromatic rings. The van der Waals surface area contributed by atoms with E-state index in [4.69, 9.17) is 15.2 Å². The first-order valence-corrected chi connectivity index (χ1v) is 18.3. The molecule has 2 heterocycles. The van der Waals surface area contributed by atoms with Crippen molar-refractivity contribution in [3.8, 4) is 11.5 Å². The van der Waals surface area contributed by atoms with E-state index in [1.807, 2.05) is 18.2 Å². The smallest absolute Gasteiger partial charge is 0.326 e. The average Bonchev–Trinajstić information content (AvgIpc) is 3.62. The van der Waals surface area contributed by atoms with Gasteiger partial charge in [-0.2, -0.15) is 0 Å². The zero-order valence-corrected chi connectivity index (χ0v) is 28.9. The summed E-state index contributed by atoms with van der Waals surface area (Å²) in [6.45, 7) is -0.481. The second kappa shape index (κ2) is 16.3. The number of imide groups is 1. The number of aliphatic hydroxyl groups excluding tert-OH is 1. The molecular weight excluding hydrogens is 677 g/mol. The Morgan fingerprint density at radius 3 is 2.43 bits per heavy atom. The summed E-state index contributed by atoms with van der Waals surface area (Å²) < 4.78 is 25.1. The molecule has 4 N–H and O–H groups in total. The minimum Gasteiger partial charge on any atom is -0.493 e. The number of halogens is 1. The number of nitrogens with two attached hydrogens (primary N) is 1. The first kappa shape index (κ1) is 36.3. The highest BCUT2D eigenvalue weighted by atomic mass is 32.2. The molecule has 1 saturated carbocycles. The molecule has 6 rings (SSSR count). The van der Waals surface area contributed by atoms with Crippen molar-refractivity contribution in [2.24, 2.45) is 11.7 Å². The standard InChI is InChI=1S/C38H42FN3O8S/c39-27-9-11-28(12-10-27)41-35(36(37(41)46)51-22-31(43)25-8-15-32-26(19-25)16-17-49-32)24-6-13-29(14-7-24)50-21-34(45)42(33(44)20-40)30(38(47)48)18-23-4-2-1-3-5-23/h6-15,19,23,30-31,35-36,43H,1-5,16-18,20-22,40H2,(H,47,48)/t30-,31+,35?,36-/m1/s1. The highest BCUT2D eigenvalue weighted by Gasteiger charge is 2.49. The number of aliphatic hydroxyl groups is 1. The van der Waals surface area contributed by atoms with Gasteiger partial charge in [0.2, 0.25) is 11.8 Å². The van der Waals surface area contributed by atoms with Gasteiger partial charge < -0.3 is 30.3 Å². The van der Waals surface area contributed by atoms with Crippen molar-refractivity contribution in [1.29, 1.82) is 0 Å². The predicted molar refractivity (Wildman–Crippen MR) is 189 cm³/mol. The molecule has 0 aromatic heterocycles. The topological polar surface area (TPSA) is 160 Å². The second-order valence-corrected chi connectivity index (χ2v) is 14.4. The number of carbonyl (C=O) groups excluding carboxylic acids is 3. The molecule has 2 aliphatic heterocycles. The monoisotopic (exact) mass is 719 g/mol. The summed E-state index contributed by atoms with van der Waals surface area (Å²) >= 11 is 1.34. The Hall–Kier alpha value is -4.46.